The van der Waals surface area contributed by atoms with Crippen molar-refractivity contribution in [3.8, 4) is 0 Å². The maximum absolute atomic E-state index is 13.5. The van der Waals surface area contributed by atoms with E-state index in [4.69, 9.17) is 0 Å². The van der Waals surface area contributed by atoms with Gasteiger partial charge in [0.15, 0.2) is 0 Å². The molecule has 1 saturated heterocycles. The number of hydrogen-bond acceptors (Lipinski definition) is 2. The topological polar surface area (TPSA) is 49.4 Å². The molecule has 1 unspecified atom stereocenters. The van der Waals surface area contributed by atoms with Crippen molar-refractivity contribution >= 4 is 17.5 Å². The predicted molar refractivity (Wildman–Crippen MR) is 56.3 cm³/mol. The van der Waals surface area contributed by atoms with E-state index in [-0.39, 0.29) is 6.54 Å². The fourth-order valence-corrected chi connectivity index (χ4v) is 1.74. The van der Waals surface area contributed by atoms with Gasteiger partial charge in [-0.1, -0.05) is 6.07 Å². The Hall–Kier alpha value is -1.98. The van der Waals surface area contributed by atoms with Crippen molar-refractivity contribution in [3.63, 3.8) is 0 Å². The number of piperazine rings is 1. The molecule has 4 nitrogen and oxygen atoms in total. The van der Waals surface area contributed by atoms with E-state index in [0.717, 1.165) is 17.0 Å². The summed E-state index contributed by atoms with van der Waals surface area (Å²) in [7, 11) is 0. The molecular weight excluding hydrogens is 230 g/mol. The van der Waals surface area contributed by atoms with E-state index in [2.05, 4.69) is 5.32 Å². The van der Waals surface area contributed by atoms with Crippen molar-refractivity contribution in [2.75, 3.05) is 11.4 Å². The Bertz CT molecular complexity index is 470. The van der Waals surface area contributed by atoms with Crippen LogP contribution in [0.3, 0.4) is 0 Å². The number of para-hydroxylation sites is 1. The highest BCUT2D eigenvalue weighted by Gasteiger charge is 2.33. The van der Waals surface area contributed by atoms with Gasteiger partial charge in [-0.2, -0.15) is 0 Å². The van der Waals surface area contributed by atoms with Gasteiger partial charge in [-0.25, -0.2) is 8.78 Å². The summed E-state index contributed by atoms with van der Waals surface area (Å²) >= 11 is 0. The molecule has 1 aromatic rings. The van der Waals surface area contributed by atoms with Crippen molar-refractivity contribution in [1.82, 2.24) is 5.32 Å². The number of nitrogens with one attached hydrogen (secondary N) is 1. The van der Waals surface area contributed by atoms with Gasteiger partial charge in [0.05, 0.1) is 0 Å². The smallest absolute Gasteiger partial charge is 0.249 e. The van der Waals surface area contributed by atoms with E-state index in [0.29, 0.717) is 0 Å². The summed E-state index contributed by atoms with van der Waals surface area (Å²) in [5.41, 5.74) is -0.473. The lowest BCUT2D eigenvalue weighted by Gasteiger charge is -2.31. The zero-order valence-electron chi connectivity index (χ0n) is 9.04. The highest BCUT2D eigenvalue weighted by atomic mass is 19.1. The average Bonchev–Trinajstić information content (AvgIpc) is 2.24. The largest absolute Gasteiger partial charge is 0.343 e. The lowest BCUT2D eigenvalue weighted by Crippen LogP contribution is -2.57. The van der Waals surface area contributed by atoms with E-state index < -0.39 is 35.2 Å². The first-order valence-corrected chi connectivity index (χ1v) is 5.05. The van der Waals surface area contributed by atoms with Gasteiger partial charge in [0.25, 0.3) is 0 Å². The molecule has 90 valence electrons. The van der Waals surface area contributed by atoms with Crippen molar-refractivity contribution in [2.45, 2.75) is 13.0 Å². The van der Waals surface area contributed by atoms with Gasteiger partial charge in [-0.3, -0.25) is 14.5 Å². The highest BCUT2D eigenvalue weighted by molar-refractivity contribution is 6.06. The average molecular weight is 240 g/mol. The van der Waals surface area contributed by atoms with Gasteiger partial charge < -0.3 is 5.32 Å². The Morgan fingerprint density at radius 1 is 1.29 bits per heavy atom. The molecule has 1 N–H and O–H groups in total. The molecule has 2 amide bonds. The van der Waals surface area contributed by atoms with Crippen molar-refractivity contribution in [1.29, 1.82) is 0 Å². The van der Waals surface area contributed by atoms with Crippen LogP contribution in [0, 0.1) is 11.6 Å². The number of benzene rings is 1. The van der Waals surface area contributed by atoms with Crippen LogP contribution in [-0.2, 0) is 9.59 Å². The molecule has 2 rings (SSSR count). The standard InChI is InChI=1S/C11H10F2N2O2/c1-6-11(17)15(5-9(16)14-6)10-7(12)3-2-4-8(10)13/h2-4,6H,5H2,1H3,(H,14,16). The third-order valence-corrected chi connectivity index (χ3v) is 2.52. The molecule has 1 aromatic carbocycles. The molecule has 0 saturated carbocycles. The Morgan fingerprint density at radius 2 is 1.88 bits per heavy atom. The Kier molecular flexibility index (Phi) is 2.79. The Balaban J connectivity index is 2.45. The number of nitrogens with zero attached hydrogens (tertiary/aromatic N) is 1. The van der Waals surface area contributed by atoms with E-state index in [1.54, 1.807) is 0 Å². The van der Waals surface area contributed by atoms with Crippen molar-refractivity contribution in [3.05, 3.63) is 29.8 Å². The summed E-state index contributed by atoms with van der Waals surface area (Å²) in [6, 6.07) is 2.51. The number of amides is 2. The maximum atomic E-state index is 13.5. The number of halogens is 2. The van der Waals surface area contributed by atoms with Gasteiger partial charge in [-0.05, 0) is 19.1 Å². The molecule has 1 aliphatic heterocycles. The maximum Gasteiger partial charge on any atom is 0.249 e. The zero-order valence-corrected chi connectivity index (χ0v) is 9.04. The molecule has 1 fully saturated rings. The van der Waals surface area contributed by atoms with Gasteiger partial charge in [-0.15, -0.1) is 0 Å². The SMILES string of the molecule is CC1NC(=O)CN(c2c(F)cccc2F)C1=O. The molecular formula is C11H10F2N2O2. The first-order valence-electron chi connectivity index (χ1n) is 5.05. The van der Waals surface area contributed by atoms with Crippen LogP contribution in [0.1, 0.15) is 6.92 Å². The van der Waals surface area contributed by atoms with E-state index in [9.17, 15) is 18.4 Å². The van der Waals surface area contributed by atoms with Crippen LogP contribution in [0.5, 0.6) is 0 Å². The Labute approximate surface area is 96.2 Å². The predicted octanol–water partition coefficient (Wildman–Crippen LogP) is 0.816. The molecule has 0 radical (unpaired) electrons. The summed E-state index contributed by atoms with van der Waals surface area (Å²) in [5.74, 6) is -2.70. The number of carbonyl (C=O) groups is 2. The van der Waals surface area contributed by atoms with Crippen LogP contribution in [0.15, 0.2) is 18.2 Å². The molecule has 6 heteroatoms. The van der Waals surface area contributed by atoms with Crippen LogP contribution >= 0.6 is 0 Å². The number of carbonyl (C=O) groups excluding carboxylic acids is 2. The molecule has 0 aromatic heterocycles. The van der Waals surface area contributed by atoms with E-state index in [1.807, 2.05) is 0 Å². The van der Waals surface area contributed by atoms with Crippen LogP contribution in [0.25, 0.3) is 0 Å². The minimum absolute atomic E-state index is 0.374. The van der Waals surface area contributed by atoms with Crippen molar-refractivity contribution < 1.29 is 18.4 Å². The summed E-state index contributed by atoms with van der Waals surface area (Å²) in [6.45, 7) is 1.09. The van der Waals surface area contributed by atoms with Gasteiger partial charge in [0.2, 0.25) is 11.8 Å². The normalized spacial score (nSPS) is 20.4. The monoisotopic (exact) mass is 240 g/mol. The summed E-state index contributed by atoms with van der Waals surface area (Å²) in [4.78, 5) is 23.9. The fraction of sp³-hybridized carbons (Fsp3) is 0.273. The summed E-state index contributed by atoms with van der Waals surface area (Å²) < 4.78 is 27.0. The van der Waals surface area contributed by atoms with E-state index in [1.165, 1.54) is 13.0 Å². The van der Waals surface area contributed by atoms with Gasteiger partial charge in [0, 0.05) is 0 Å². The molecule has 0 spiro atoms. The second-order valence-electron chi connectivity index (χ2n) is 3.78. The van der Waals surface area contributed by atoms with Crippen LogP contribution < -0.4 is 10.2 Å². The third-order valence-electron chi connectivity index (χ3n) is 2.52. The first-order chi connectivity index (χ1) is 8.00. The minimum atomic E-state index is -0.861. The summed E-state index contributed by atoms with van der Waals surface area (Å²) in [5, 5.41) is 2.39. The summed E-state index contributed by atoms with van der Waals surface area (Å²) in [6.07, 6.45) is 0. The zero-order chi connectivity index (χ0) is 12.6. The molecule has 0 bridgehead atoms. The quantitative estimate of drug-likeness (QED) is 0.790. The number of rotatable bonds is 1. The lowest BCUT2D eigenvalue weighted by atomic mass is 10.1. The second-order valence-corrected chi connectivity index (χ2v) is 3.78. The highest BCUT2D eigenvalue weighted by Crippen LogP contribution is 2.24. The van der Waals surface area contributed by atoms with Crippen LogP contribution in [0.4, 0.5) is 14.5 Å². The fourth-order valence-electron chi connectivity index (χ4n) is 1.74. The van der Waals surface area contributed by atoms with Crippen LogP contribution in [-0.4, -0.2) is 24.4 Å². The van der Waals surface area contributed by atoms with E-state index >= 15 is 0 Å². The number of hydrogen-bond donors (Lipinski definition) is 1. The molecule has 1 aliphatic rings. The first kappa shape index (κ1) is 11.5. The third kappa shape index (κ3) is 1.98. The van der Waals surface area contributed by atoms with Crippen LogP contribution in [0.2, 0.25) is 0 Å². The second kappa shape index (κ2) is 4.12. The minimum Gasteiger partial charge on any atom is -0.343 e. The molecule has 1 heterocycles. The lowest BCUT2D eigenvalue weighted by molar-refractivity contribution is -0.130. The number of anilines is 1. The van der Waals surface area contributed by atoms with Crippen molar-refractivity contribution in [2.24, 2.45) is 0 Å². The van der Waals surface area contributed by atoms with Gasteiger partial charge in [0.1, 0.15) is 29.9 Å². The van der Waals surface area contributed by atoms with Gasteiger partial charge >= 0.3 is 0 Å². The molecule has 1 atom stereocenters. The Morgan fingerprint density at radius 3 is 2.47 bits per heavy atom. The molecule has 17 heavy (non-hydrogen) atoms. The molecule has 0 aliphatic carbocycles.